The summed E-state index contributed by atoms with van der Waals surface area (Å²) in [5.41, 5.74) is 0. The van der Waals surface area contributed by atoms with E-state index >= 15 is 0 Å². The van der Waals surface area contributed by atoms with Gasteiger partial charge in [0, 0.05) is 25.0 Å². The lowest BCUT2D eigenvalue weighted by Crippen LogP contribution is -2.29. The van der Waals surface area contributed by atoms with Gasteiger partial charge >= 0.3 is 0 Å². The van der Waals surface area contributed by atoms with E-state index in [1.807, 2.05) is 19.3 Å². The highest BCUT2D eigenvalue weighted by Gasteiger charge is 2.03. The first-order valence-electron chi connectivity index (χ1n) is 5.12. The molecule has 0 amide bonds. The molecule has 0 saturated carbocycles. The molecule has 0 aliphatic heterocycles. The minimum atomic E-state index is 0.127. The zero-order valence-electron chi connectivity index (χ0n) is 8.90. The van der Waals surface area contributed by atoms with Crippen LogP contribution in [0.25, 0.3) is 0 Å². The number of aromatic nitrogens is 2. The van der Waals surface area contributed by atoms with Gasteiger partial charge in [-0.15, -0.1) is 0 Å². The lowest BCUT2D eigenvalue weighted by molar-refractivity contribution is 0.250. The molecule has 1 atom stereocenters. The molecule has 0 bridgehead atoms. The molecule has 1 rings (SSSR count). The number of imidazole rings is 1. The van der Waals surface area contributed by atoms with E-state index in [0.717, 1.165) is 18.8 Å². The molecule has 1 aromatic heterocycles. The fourth-order valence-electron chi connectivity index (χ4n) is 1.28. The van der Waals surface area contributed by atoms with Crippen molar-refractivity contribution in [2.75, 3.05) is 6.61 Å². The van der Waals surface area contributed by atoms with Crippen LogP contribution in [0, 0.1) is 0 Å². The zero-order valence-corrected chi connectivity index (χ0v) is 8.90. The van der Waals surface area contributed by atoms with Crippen molar-refractivity contribution in [3.63, 3.8) is 0 Å². The zero-order chi connectivity index (χ0) is 10.4. The van der Waals surface area contributed by atoms with E-state index in [2.05, 4.69) is 21.8 Å². The number of hydrogen-bond donors (Lipinski definition) is 2. The quantitative estimate of drug-likeness (QED) is 0.708. The Morgan fingerprint density at radius 2 is 2.43 bits per heavy atom. The summed E-state index contributed by atoms with van der Waals surface area (Å²) in [5, 5.41) is 12.0. The maximum absolute atomic E-state index is 8.85. The van der Waals surface area contributed by atoms with Crippen molar-refractivity contribution in [2.45, 2.75) is 39.4 Å². The van der Waals surface area contributed by atoms with Crippen LogP contribution in [-0.4, -0.2) is 27.3 Å². The number of hydrogen-bond acceptors (Lipinski definition) is 3. The van der Waals surface area contributed by atoms with Crippen molar-refractivity contribution in [3.8, 4) is 0 Å². The Morgan fingerprint density at radius 3 is 3.07 bits per heavy atom. The van der Waals surface area contributed by atoms with Crippen molar-refractivity contribution >= 4 is 0 Å². The second-order valence-electron chi connectivity index (χ2n) is 3.50. The number of nitrogens with zero attached hydrogens (tertiary/aromatic N) is 2. The molecule has 80 valence electrons. The van der Waals surface area contributed by atoms with Gasteiger partial charge in [0.15, 0.2) is 0 Å². The summed E-state index contributed by atoms with van der Waals surface area (Å²) < 4.78 is 2.14. The summed E-state index contributed by atoms with van der Waals surface area (Å²) in [5.74, 6) is 1.03. The second kappa shape index (κ2) is 5.78. The van der Waals surface area contributed by atoms with E-state index in [-0.39, 0.29) is 12.6 Å². The molecule has 0 fully saturated rings. The minimum absolute atomic E-state index is 0.127. The third kappa shape index (κ3) is 3.12. The van der Waals surface area contributed by atoms with Crippen LogP contribution in [0.4, 0.5) is 0 Å². The minimum Gasteiger partial charge on any atom is -0.395 e. The van der Waals surface area contributed by atoms with Crippen molar-refractivity contribution in [1.29, 1.82) is 0 Å². The van der Waals surface area contributed by atoms with Crippen molar-refractivity contribution in [3.05, 3.63) is 18.2 Å². The average Bonchev–Trinajstić information content (AvgIpc) is 2.62. The number of aliphatic hydroxyl groups is 1. The maximum Gasteiger partial charge on any atom is 0.122 e. The molecule has 0 aliphatic rings. The molecule has 0 saturated heterocycles. The van der Waals surface area contributed by atoms with Crippen LogP contribution in [0.15, 0.2) is 12.4 Å². The first-order valence-corrected chi connectivity index (χ1v) is 5.12. The van der Waals surface area contributed by atoms with Gasteiger partial charge in [0.1, 0.15) is 5.82 Å². The molecular weight excluding hydrogens is 178 g/mol. The van der Waals surface area contributed by atoms with E-state index in [1.54, 1.807) is 0 Å². The van der Waals surface area contributed by atoms with Crippen LogP contribution in [0.1, 0.15) is 26.1 Å². The molecule has 1 heterocycles. The molecule has 4 nitrogen and oxygen atoms in total. The normalized spacial score (nSPS) is 13.1. The SMILES string of the molecule is CCCn1ccnc1CNC(C)CO. The van der Waals surface area contributed by atoms with Crippen LogP contribution in [0.3, 0.4) is 0 Å². The Balaban J connectivity index is 2.45. The molecule has 0 aliphatic carbocycles. The molecule has 1 unspecified atom stereocenters. The second-order valence-corrected chi connectivity index (χ2v) is 3.50. The van der Waals surface area contributed by atoms with E-state index in [0.29, 0.717) is 6.54 Å². The Hall–Kier alpha value is -0.870. The van der Waals surface area contributed by atoms with Crippen molar-refractivity contribution < 1.29 is 5.11 Å². The highest BCUT2D eigenvalue weighted by Crippen LogP contribution is 1.99. The number of aryl methyl sites for hydroxylation is 1. The van der Waals surface area contributed by atoms with Crippen molar-refractivity contribution in [2.24, 2.45) is 0 Å². The van der Waals surface area contributed by atoms with E-state index in [4.69, 9.17) is 5.11 Å². The van der Waals surface area contributed by atoms with Gasteiger partial charge in [-0.05, 0) is 13.3 Å². The Morgan fingerprint density at radius 1 is 1.64 bits per heavy atom. The summed E-state index contributed by atoms with van der Waals surface area (Å²) >= 11 is 0. The van der Waals surface area contributed by atoms with E-state index in [9.17, 15) is 0 Å². The van der Waals surface area contributed by atoms with Crippen LogP contribution in [0.5, 0.6) is 0 Å². The number of aliphatic hydroxyl groups excluding tert-OH is 1. The van der Waals surface area contributed by atoms with Gasteiger partial charge in [-0.2, -0.15) is 0 Å². The molecule has 4 heteroatoms. The topological polar surface area (TPSA) is 50.1 Å². The third-order valence-electron chi connectivity index (χ3n) is 2.15. The fourth-order valence-corrected chi connectivity index (χ4v) is 1.28. The molecule has 0 aromatic carbocycles. The monoisotopic (exact) mass is 197 g/mol. The number of nitrogens with one attached hydrogen (secondary N) is 1. The molecule has 2 N–H and O–H groups in total. The van der Waals surface area contributed by atoms with Crippen LogP contribution < -0.4 is 5.32 Å². The predicted molar refractivity (Wildman–Crippen MR) is 55.9 cm³/mol. The van der Waals surface area contributed by atoms with Crippen molar-refractivity contribution in [1.82, 2.24) is 14.9 Å². The average molecular weight is 197 g/mol. The lowest BCUT2D eigenvalue weighted by atomic mass is 10.3. The highest BCUT2D eigenvalue weighted by atomic mass is 16.3. The van der Waals surface area contributed by atoms with E-state index < -0.39 is 0 Å². The summed E-state index contributed by atoms with van der Waals surface area (Å²) in [6.07, 6.45) is 4.92. The highest BCUT2D eigenvalue weighted by molar-refractivity contribution is 4.92. The summed E-state index contributed by atoms with van der Waals surface area (Å²) in [4.78, 5) is 4.26. The van der Waals surface area contributed by atoms with Gasteiger partial charge in [0.05, 0.1) is 13.2 Å². The summed E-state index contributed by atoms with van der Waals surface area (Å²) in [6, 6.07) is 0.127. The van der Waals surface area contributed by atoms with Gasteiger partial charge in [0.25, 0.3) is 0 Å². The fraction of sp³-hybridized carbons (Fsp3) is 0.700. The van der Waals surface area contributed by atoms with Crippen LogP contribution in [0.2, 0.25) is 0 Å². The lowest BCUT2D eigenvalue weighted by Gasteiger charge is -2.11. The molecule has 14 heavy (non-hydrogen) atoms. The molecule has 0 spiro atoms. The largest absolute Gasteiger partial charge is 0.395 e. The van der Waals surface area contributed by atoms with Gasteiger partial charge in [0.2, 0.25) is 0 Å². The summed E-state index contributed by atoms with van der Waals surface area (Å²) in [6.45, 7) is 5.98. The van der Waals surface area contributed by atoms with Gasteiger partial charge in [-0.3, -0.25) is 0 Å². The first kappa shape index (κ1) is 11.2. The van der Waals surface area contributed by atoms with E-state index in [1.165, 1.54) is 0 Å². The first-order chi connectivity index (χ1) is 6.77. The molecule has 0 radical (unpaired) electrons. The van der Waals surface area contributed by atoms with Crippen LogP contribution in [-0.2, 0) is 13.1 Å². The van der Waals surface area contributed by atoms with Gasteiger partial charge in [-0.1, -0.05) is 6.92 Å². The third-order valence-corrected chi connectivity index (χ3v) is 2.15. The Labute approximate surface area is 85.0 Å². The predicted octanol–water partition coefficient (Wildman–Crippen LogP) is 0.763. The molecule has 1 aromatic rings. The maximum atomic E-state index is 8.85. The van der Waals surface area contributed by atoms with Gasteiger partial charge in [-0.25, -0.2) is 4.98 Å². The number of rotatable bonds is 6. The van der Waals surface area contributed by atoms with Crippen LogP contribution >= 0.6 is 0 Å². The summed E-state index contributed by atoms with van der Waals surface area (Å²) in [7, 11) is 0. The van der Waals surface area contributed by atoms with Gasteiger partial charge < -0.3 is 15.0 Å². The standard InChI is InChI=1S/C10H19N3O/c1-3-5-13-6-4-11-10(13)7-12-9(2)8-14/h4,6,9,12,14H,3,5,7-8H2,1-2H3. The smallest absolute Gasteiger partial charge is 0.122 e. The Kier molecular flexibility index (Phi) is 4.62. The molecular formula is C10H19N3O. The Bertz CT molecular complexity index is 260.